The molecule has 1 atom stereocenters. The fourth-order valence-electron chi connectivity index (χ4n) is 4.61. The van der Waals surface area contributed by atoms with E-state index in [2.05, 4.69) is 41.9 Å². The number of nitriles is 3. The maximum atomic E-state index is 9.91. The Labute approximate surface area is 161 Å². The molecule has 2 heterocycles. The molecule has 0 spiro atoms. The van der Waals surface area contributed by atoms with E-state index in [0.29, 0.717) is 12.1 Å². The minimum atomic E-state index is -1.52. The van der Waals surface area contributed by atoms with Crippen LogP contribution in [0.5, 0.6) is 0 Å². The van der Waals surface area contributed by atoms with Crippen molar-refractivity contribution in [3.63, 3.8) is 0 Å². The van der Waals surface area contributed by atoms with Crippen molar-refractivity contribution in [1.29, 1.82) is 15.8 Å². The van der Waals surface area contributed by atoms with Gasteiger partial charge in [-0.05, 0) is 37.1 Å². The van der Waals surface area contributed by atoms with Crippen LogP contribution in [0.15, 0.2) is 34.1 Å². The van der Waals surface area contributed by atoms with E-state index in [1.54, 1.807) is 0 Å². The summed E-state index contributed by atoms with van der Waals surface area (Å²) in [7, 11) is 0. The third kappa shape index (κ3) is 2.94. The number of piperidine rings is 1. The SMILES string of the molecule is CCN1CCC(=C2C(C#N)=C(N)C(C#N)(C#N)C3=CCN(CC)C[C@@H]32)CC1. The van der Waals surface area contributed by atoms with Crippen molar-refractivity contribution >= 4 is 0 Å². The van der Waals surface area contributed by atoms with Crippen LogP contribution < -0.4 is 5.73 Å². The highest BCUT2D eigenvalue weighted by Gasteiger charge is 2.50. The van der Waals surface area contributed by atoms with Crippen molar-refractivity contribution < 1.29 is 0 Å². The van der Waals surface area contributed by atoms with Crippen LogP contribution in [-0.2, 0) is 0 Å². The molecule has 0 unspecified atom stereocenters. The van der Waals surface area contributed by atoms with Crippen LogP contribution in [0.2, 0.25) is 0 Å². The molecule has 1 aliphatic carbocycles. The van der Waals surface area contributed by atoms with Crippen LogP contribution >= 0.6 is 0 Å². The van der Waals surface area contributed by atoms with E-state index < -0.39 is 5.41 Å². The molecule has 3 aliphatic rings. The first kappa shape index (κ1) is 19.2. The standard InChI is InChI=1S/C21H26N6/c1-3-26-8-5-15(6-9-26)19-16(11-22)20(25)21(13-23,14-24)18-7-10-27(4-2)12-17(18)19/h7,17H,3-6,8-10,12,25H2,1-2H3/t17-/m0/s1. The minimum Gasteiger partial charge on any atom is -0.398 e. The Hall–Kier alpha value is -2.59. The fourth-order valence-corrected chi connectivity index (χ4v) is 4.61. The molecule has 3 rings (SSSR count). The zero-order valence-corrected chi connectivity index (χ0v) is 16.1. The van der Waals surface area contributed by atoms with Gasteiger partial charge in [0.2, 0.25) is 5.41 Å². The molecule has 0 bridgehead atoms. The molecule has 0 radical (unpaired) electrons. The molecule has 0 amide bonds. The molecular weight excluding hydrogens is 336 g/mol. The van der Waals surface area contributed by atoms with Gasteiger partial charge in [0.15, 0.2) is 0 Å². The number of likely N-dealkylation sites (tertiary alicyclic amines) is 1. The highest BCUT2D eigenvalue weighted by atomic mass is 15.1. The highest BCUT2D eigenvalue weighted by Crippen LogP contribution is 2.50. The average Bonchev–Trinajstić information content (AvgIpc) is 2.73. The molecule has 6 heteroatoms. The van der Waals surface area contributed by atoms with Gasteiger partial charge in [-0.25, -0.2) is 0 Å². The Morgan fingerprint density at radius 2 is 1.74 bits per heavy atom. The molecule has 2 N–H and O–H groups in total. The highest BCUT2D eigenvalue weighted by molar-refractivity contribution is 5.64. The Bertz CT molecular complexity index is 817. The number of hydrogen-bond acceptors (Lipinski definition) is 6. The lowest BCUT2D eigenvalue weighted by Crippen LogP contribution is -2.46. The van der Waals surface area contributed by atoms with E-state index in [9.17, 15) is 15.8 Å². The lowest BCUT2D eigenvalue weighted by molar-refractivity contribution is 0.255. The van der Waals surface area contributed by atoms with Gasteiger partial charge in [0.1, 0.15) is 6.07 Å². The molecule has 1 fully saturated rings. The van der Waals surface area contributed by atoms with Crippen LogP contribution in [0.4, 0.5) is 0 Å². The van der Waals surface area contributed by atoms with Gasteiger partial charge in [-0.2, -0.15) is 15.8 Å². The fraction of sp³-hybridized carbons (Fsp3) is 0.571. The quantitative estimate of drug-likeness (QED) is 0.754. The van der Waals surface area contributed by atoms with E-state index in [1.807, 2.05) is 6.08 Å². The molecule has 0 saturated carbocycles. The molecular formula is C21H26N6. The number of fused-ring (bicyclic) bond motifs is 1. The second kappa shape index (κ2) is 7.57. The maximum Gasteiger partial charge on any atom is 0.205 e. The number of nitrogens with zero attached hydrogens (tertiary/aromatic N) is 5. The predicted molar refractivity (Wildman–Crippen MR) is 103 cm³/mol. The summed E-state index contributed by atoms with van der Waals surface area (Å²) >= 11 is 0. The van der Waals surface area contributed by atoms with Crippen LogP contribution in [0.25, 0.3) is 0 Å². The summed E-state index contributed by atoms with van der Waals surface area (Å²) in [6.45, 7) is 9.54. The van der Waals surface area contributed by atoms with Crippen molar-refractivity contribution in [2.45, 2.75) is 26.7 Å². The maximum absolute atomic E-state index is 9.91. The van der Waals surface area contributed by atoms with Gasteiger partial charge in [0.25, 0.3) is 0 Å². The van der Waals surface area contributed by atoms with Crippen molar-refractivity contribution in [3.05, 3.63) is 34.1 Å². The smallest absolute Gasteiger partial charge is 0.205 e. The third-order valence-corrected chi connectivity index (χ3v) is 6.29. The first-order chi connectivity index (χ1) is 13.1. The van der Waals surface area contributed by atoms with E-state index in [-0.39, 0.29) is 11.6 Å². The van der Waals surface area contributed by atoms with Gasteiger partial charge in [-0.3, -0.25) is 4.90 Å². The number of allylic oxidation sites excluding steroid dienone is 2. The van der Waals surface area contributed by atoms with E-state index in [4.69, 9.17) is 5.73 Å². The number of hydrogen-bond donors (Lipinski definition) is 1. The Kier molecular flexibility index (Phi) is 5.38. The zero-order valence-electron chi connectivity index (χ0n) is 16.1. The first-order valence-corrected chi connectivity index (χ1v) is 9.66. The van der Waals surface area contributed by atoms with Crippen molar-refractivity contribution in [1.82, 2.24) is 9.80 Å². The summed E-state index contributed by atoms with van der Waals surface area (Å²) < 4.78 is 0. The third-order valence-electron chi connectivity index (χ3n) is 6.29. The Morgan fingerprint density at radius 1 is 1.11 bits per heavy atom. The summed E-state index contributed by atoms with van der Waals surface area (Å²) in [5.74, 6) is -0.108. The largest absolute Gasteiger partial charge is 0.398 e. The Morgan fingerprint density at radius 3 is 2.26 bits per heavy atom. The van der Waals surface area contributed by atoms with Gasteiger partial charge in [-0.15, -0.1) is 0 Å². The number of rotatable bonds is 2. The number of nitrogens with two attached hydrogens (primary N) is 1. The monoisotopic (exact) mass is 362 g/mol. The van der Waals surface area contributed by atoms with Gasteiger partial charge in [0.05, 0.1) is 23.4 Å². The molecule has 140 valence electrons. The van der Waals surface area contributed by atoms with Crippen molar-refractivity contribution in [2.75, 3.05) is 39.3 Å². The number of likely N-dealkylation sites (N-methyl/N-ethyl adjacent to an activating group) is 1. The molecule has 1 saturated heterocycles. The molecule has 6 nitrogen and oxygen atoms in total. The van der Waals surface area contributed by atoms with Crippen LogP contribution in [-0.4, -0.2) is 49.1 Å². The van der Waals surface area contributed by atoms with Crippen molar-refractivity contribution in [2.24, 2.45) is 17.1 Å². The van der Waals surface area contributed by atoms with Crippen molar-refractivity contribution in [3.8, 4) is 18.2 Å². The van der Waals surface area contributed by atoms with Gasteiger partial charge in [0, 0.05) is 32.1 Å². The van der Waals surface area contributed by atoms with Crippen LogP contribution in [0, 0.1) is 45.3 Å². The normalized spacial score (nSPS) is 25.9. The topological polar surface area (TPSA) is 104 Å². The van der Waals surface area contributed by atoms with E-state index in [1.165, 1.54) is 5.57 Å². The lowest BCUT2D eigenvalue weighted by Gasteiger charge is -2.43. The Balaban J connectivity index is 2.21. The van der Waals surface area contributed by atoms with E-state index in [0.717, 1.165) is 56.7 Å². The molecule has 2 aliphatic heterocycles. The average molecular weight is 362 g/mol. The molecule has 0 aromatic heterocycles. The summed E-state index contributed by atoms with van der Waals surface area (Å²) in [6.07, 6.45) is 3.81. The molecule has 27 heavy (non-hydrogen) atoms. The lowest BCUT2D eigenvalue weighted by atomic mass is 9.62. The van der Waals surface area contributed by atoms with Gasteiger partial charge < -0.3 is 10.6 Å². The summed E-state index contributed by atoms with van der Waals surface area (Å²) in [6, 6.07) is 6.53. The van der Waals surface area contributed by atoms with Gasteiger partial charge >= 0.3 is 0 Å². The zero-order chi connectivity index (χ0) is 19.6. The predicted octanol–water partition coefficient (Wildman–Crippen LogP) is 2.06. The summed E-state index contributed by atoms with van der Waals surface area (Å²) in [5.41, 5.74) is 8.29. The van der Waals surface area contributed by atoms with Crippen LogP contribution in [0.3, 0.4) is 0 Å². The molecule has 0 aromatic rings. The minimum absolute atomic E-state index is 0.108. The van der Waals surface area contributed by atoms with E-state index >= 15 is 0 Å². The molecule has 0 aromatic carbocycles. The van der Waals surface area contributed by atoms with Crippen LogP contribution in [0.1, 0.15) is 26.7 Å². The second-order valence-corrected chi connectivity index (χ2v) is 7.39. The summed E-state index contributed by atoms with van der Waals surface area (Å²) in [4.78, 5) is 4.68. The van der Waals surface area contributed by atoms with Gasteiger partial charge in [-0.1, -0.05) is 25.5 Å². The second-order valence-electron chi connectivity index (χ2n) is 7.39. The first-order valence-electron chi connectivity index (χ1n) is 9.66. The summed E-state index contributed by atoms with van der Waals surface area (Å²) in [5, 5.41) is 29.7.